The van der Waals surface area contributed by atoms with Crippen LogP contribution in [0.5, 0.6) is 5.75 Å². The average molecular weight is 291 g/mol. The second kappa shape index (κ2) is 7.19. The smallest absolute Gasteiger partial charge is 0.150 e. The lowest BCUT2D eigenvalue weighted by molar-refractivity contribution is 0.350. The summed E-state index contributed by atoms with van der Waals surface area (Å²) in [6.45, 7) is -0.134. The van der Waals surface area contributed by atoms with E-state index in [1.54, 1.807) is 36.4 Å². The van der Waals surface area contributed by atoms with Crippen molar-refractivity contribution >= 4 is 23.1 Å². The lowest BCUT2D eigenvalue weighted by Crippen LogP contribution is -1.91. The van der Waals surface area contributed by atoms with E-state index < -0.39 is 0 Å². The average Bonchev–Trinajstić information content (AvgIpc) is 2.96. The van der Waals surface area contributed by atoms with Gasteiger partial charge in [0.1, 0.15) is 16.7 Å². The van der Waals surface area contributed by atoms with Crippen LogP contribution in [-0.4, -0.2) is 23.8 Å². The summed E-state index contributed by atoms with van der Waals surface area (Å²) >= 11 is 3.29. The summed E-state index contributed by atoms with van der Waals surface area (Å²) in [6.07, 6.45) is 1.80. The molecule has 2 rings (SSSR count). The molecule has 0 unspecified atom stereocenters. The molecule has 0 aliphatic carbocycles. The third-order valence-electron chi connectivity index (χ3n) is 2.38. The van der Waals surface area contributed by atoms with E-state index in [0.29, 0.717) is 0 Å². The third-order valence-corrected chi connectivity index (χ3v) is 4.39. The van der Waals surface area contributed by atoms with E-state index in [2.05, 4.69) is 16.8 Å². The van der Waals surface area contributed by atoms with Gasteiger partial charge < -0.3 is 9.84 Å². The third kappa shape index (κ3) is 4.00. The Hall–Kier alpha value is -1.48. The van der Waals surface area contributed by atoms with Gasteiger partial charge >= 0.3 is 0 Å². The fourth-order valence-electron chi connectivity index (χ4n) is 1.49. The van der Waals surface area contributed by atoms with E-state index in [9.17, 15) is 0 Å². The summed E-state index contributed by atoms with van der Waals surface area (Å²) in [5.74, 6) is 7.22. The maximum absolute atomic E-state index is 8.79. The summed E-state index contributed by atoms with van der Waals surface area (Å²) in [7, 11) is 1.64. The summed E-state index contributed by atoms with van der Waals surface area (Å²) in [5, 5.41) is 10.7. The van der Waals surface area contributed by atoms with Gasteiger partial charge in [0, 0.05) is 22.9 Å². The summed E-state index contributed by atoms with van der Waals surface area (Å²) in [6, 6.07) is 5.76. The van der Waals surface area contributed by atoms with E-state index in [1.165, 1.54) is 0 Å². The molecule has 98 valence electrons. The summed E-state index contributed by atoms with van der Waals surface area (Å²) in [4.78, 5) is 4.24. The van der Waals surface area contributed by atoms with Gasteiger partial charge in [-0.05, 0) is 23.8 Å². The number of thiazole rings is 1. The van der Waals surface area contributed by atoms with Crippen molar-refractivity contribution in [2.75, 3.05) is 13.7 Å². The van der Waals surface area contributed by atoms with Gasteiger partial charge in [-0.1, -0.05) is 23.6 Å². The van der Waals surface area contributed by atoms with Crippen molar-refractivity contribution < 1.29 is 9.84 Å². The molecule has 0 fully saturated rings. The number of ether oxygens (including phenoxy) is 1. The molecule has 0 saturated carbocycles. The van der Waals surface area contributed by atoms with E-state index in [4.69, 9.17) is 9.84 Å². The Labute approximate surface area is 120 Å². The molecule has 0 atom stereocenters. The number of hydrogen-bond donors (Lipinski definition) is 1. The second-order valence-electron chi connectivity index (χ2n) is 3.57. The zero-order valence-corrected chi connectivity index (χ0v) is 12.1. The molecule has 3 nitrogen and oxygen atoms in total. The van der Waals surface area contributed by atoms with Crippen LogP contribution in [-0.2, 0) is 5.75 Å². The molecule has 0 aliphatic heterocycles. The molecule has 5 heteroatoms. The summed E-state index contributed by atoms with van der Waals surface area (Å²) in [5.41, 5.74) is 2.00. The van der Waals surface area contributed by atoms with Crippen molar-refractivity contribution in [3.05, 3.63) is 40.9 Å². The quantitative estimate of drug-likeness (QED) is 0.695. The maximum atomic E-state index is 8.79. The van der Waals surface area contributed by atoms with Crippen molar-refractivity contribution in [3.8, 4) is 17.6 Å². The molecule has 1 aromatic heterocycles. The first-order valence-electron chi connectivity index (χ1n) is 5.62. The van der Waals surface area contributed by atoms with Crippen LogP contribution in [0.25, 0.3) is 0 Å². The van der Waals surface area contributed by atoms with Crippen molar-refractivity contribution in [1.29, 1.82) is 0 Å². The predicted octanol–water partition coefficient (Wildman–Crippen LogP) is 2.79. The Morgan fingerprint density at radius 2 is 2.37 bits per heavy atom. The van der Waals surface area contributed by atoms with Crippen LogP contribution in [0.3, 0.4) is 0 Å². The van der Waals surface area contributed by atoms with Crippen LogP contribution in [0.4, 0.5) is 0 Å². The minimum atomic E-state index is -0.134. The Morgan fingerprint density at radius 1 is 1.47 bits per heavy atom. The van der Waals surface area contributed by atoms with E-state index >= 15 is 0 Å². The lowest BCUT2D eigenvalue weighted by Gasteiger charge is -2.06. The number of nitrogens with zero attached hydrogens (tertiary/aromatic N) is 1. The van der Waals surface area contributed by atoms with E-state index in [1.807, 2.05) is 23.6 Å². The highest BCUT2D eigenvalue weighted by Crippen LogP contribution is 2.27. The molecular formula is C14H13NO2S2. The monoisotopic (exact) mass is 291 g/mol. The van der Waals surface area contributed by atoms with Crippen molar-refractivity contribution in [2.45, 2.75) is 10.1 Å². The number of aromatic nitrogens is 1. The largest absolute Gasteiger partial charge is 0.497 e. The van der Waals surface area contributed by atoms with Gasteiger partial charge in [0.05, 0.1) is 7.11 Å². The summed E-state index contributed by atoms with van der Waals surface area (Å²) < 4.78 is 6.26. The molecule has 1 aromatic carbocycles. The molecule has 0 spiro atoms. The number of hydrogen-bond acceptors (Lipinski definition) is 5. The Kier molecular flexibility index (Phi) is 5.28. The zero-order valence-electron chi connectivity index (χ0n) is 10.4. The van der Waals surface area contributed by atoms with Crippen LogP contribution >= 0.6 is 23.1 Å². The molecular weight excluding hydrogens is 278 g/mol. The van der Waals surface area contributed by atoms with Crippen LogP contribution < -0.4 is 4.74 Å². The molecule has 0 aliphatic rings. The first-order chi connectivity index (χ1) is 9.33. The topological polar surface area (TPSA) is 42.4 Å². The fraction of sp³-hybridized carbons (Fsp3) is 0.214. The first-order valence-corrected chi connectivity index (χ1v) is 7.49. The molecule has 0 radical (unpaired) electrons. The number of benzene rings is 1. The zero-order chi connectivity index (χ0) is 13.5. The lowest BCUT2D eigenvalue weighted by atomic mass is 10.1. The van der Waals surface area contributed by atoms with E-state index in [-0.39, 0.29) is 6.61 Å². The standard InChI is InChI=1S/C14H13NO2S2/c1-17-13-5-4-11(3-2-7-16)12(9-13)10-19-14-15-6-8-18-14/h4-6,8-9,16H,7,10H2,1H3. The molecule has 1 N–H and O–H groups in total. The van der Waals surface area contributed by atoms with Gasteiger partial charge in [0.25, 0.3) is 0 Å². The minimum absolute atomic E-state index is 0.134. The molecule has 0 bridgehead atoms. The number of aliphatic hydroxyl groups excluding tert-OH is 1. The molecule has 0 amide bonds. The van der Waals surface area contributed by atoms with Crippen LogP contribution in [0.2, 0.25) is 0 Å². The van der Waals surface area contributed by atoms with Crippen molar-refractivity contribution in [1.82, 2.24) is 4.98 Å². The Balaban J connectivity index is 2.19. The van der Waals surface area contributed by atoms with Gasteiger partial charge in [0.15, 0.2) is 0 Å². The Bertz CT molecular complexity index is 585. The molecule has 0 saturated heterocycles. The van der Waals surface area contributed by atoms with Crippen molar-refractivity contribution in [3.63, 3.8) is 0 Å². The number of aliphatic hydroxyl groups is 1. The van der Waals surface area contributed by atoms with Crippen LogP contribution in [0.15, 0.2) is 34.1 Å². The number of methoxy groups -OCH3 is 1. The number of rotatable bonds is 4. The van der Waals surface area contributed by atoms with Gasteiger partial charge in [0.2, 0.25) is 0 Å². The predicted molar refractivity (Wildman–Crippen MR) is 78.6 cm³/mol. The normalized spacial score (nSPS) is 9.79. The highest BCUT2D eigenvalue weighted by Gasteiger charge is 2.05. The van der Waals surface area contributed by atoms with E-state index in [0.717, 1.165) is 27.0 Å². The number of thioether (sulfide) groups is 1. The minimum Gasteiger partial charge on any atom is -0.497 e. The van der Waals surface area contributed by atoms with Crippen LogP contribution in [0, 0.1) is 11.8 Å². The van der Waals surface area contributed by atoms with Crippen molar-refractivity contribution in [2.24, 2.45) is 0 Å². The molecule has 1 heterocycles. The highest BCUT2D eigenvalue weighted by atomic mass is 32.2. The highest BCUT2D eigenvalue weighted by molar-refractivity contribution is 8.00. The van der Waals surface area contributed by atoms with Gasteiger partial charge in [-0.25, -0.2) is 4.98 Å². The Morgan fingerprint density at radius 3 is 3.05 bits per heavy atom. The van der Waals surface area contributed by atoms with Gasteiger partial charge in [-0.15, -0.1) is 11.3 Å². The maximum Gasteiger partial charge on any atom is 0.150 e. The second-order valence-corrected chi connectivity index (χ2v) is 5.69. The molecule has 19 heavy (non-hydrogen) atoms. The fourth-order valence-corrected chi connectivity index (χ4v) is 3.12. The van der Waals surface area contributed by atoms with Gasteiger partial charge in [-0.2, -0.15) is 0 Å². The van der Waals surface area contributed by atoms with Gasteiger partial charge in [-0.3, -0.25) is 0 Å². The SMILES string of the molecule is COc1ccc(C#CCO)c(CSc2nccs2)c1. The van der Waals surface area contributed by atoms with Crippen LogP contribution in [0.1, 0.15) is 11.1 Å². The molecule has 2 aromatic rings. The first kappa shape index (κ1) is 13.9.